The molecular weight excluding hydrogens is 246 g/mol. The van der Waals surface area contributed by atoms with Gasteiger partial charge in [0.2, 0.25) is 0 Å². The number of pyridine rings is 1. The summed E-state index contributed by atoms with van der Waals surface area (Å²) >= 11 is 0. The second kappa shape index (κ2) is 5.26. The first kappa shape index (κ1) is 13.3. The van der Waals surface area contributed by atoms with Gasteiger partial charge in [0.25, 0.3) is 11.8 Å². The molecule has 1 fully saturated rings. The molecule has 1 aliphatic carbocycles. The van der Waals surface area contributed by atoms with Crippen LogP contribution in [0.5, 0.6) is 5.75 Å². The highest BCUT2D eigenvalue weighted by molar-refractivity contribution is 6.08. The van der Waals surface area contributed by atoms with E-state index < -0.39 is 0 Å². The molecule has 19 heavy (non-hydrogen) atoms. The van der Waals surface area contributed by atoms with E-state index in [-0.39, 0.29) is 29.0 Å². The molecule has 1 aromatic heterocycles. The van der Waals surface area contributed by atoms with Crippen LogP contribution in [0.1, 0.15) is 33.6 Å². The van der Waals surface area contributed by atoms with Crippen LogP contribution in [0.25, 0.3) is 0 Å². The first-order valence-corrected chi connectivity index (χ1v) is 6.13. The maximum absolute atomic E-state index is 12.1. The van der Waals surface area contributed by atoms with Gasteiger partial charge in [-0.2, -0.15) is 0 Å². The van der Waals surface area contributed by atoms with Crippen molar-refractivity contribution < 1.29 is 14.3 Å². The van der Waals surface area contributed by atoms with E-state index in [1.807, 2.05) is 0 Å². The Bertz CT molecular complexity index is 510. The third-order valence-electron chi connectivity index (χ3n) is 2.82. The molecular formula is C13H17N3O3. The van der Waals surface area contributed by atoms with Crippen molar-refractivity contribution in [2.45, 2.75) is 18.9 Å². The summed E-state index contributed by atoms with van der Waals surface area (Å²) in [6.45, 7) is 0. The Balaban J connectivity index is 2.45. The maximum Gasteiger partial charge on any atom is 0.255 e. The molecule has 102 valence electrons. The average molecular weight is 263 g/mol. The predicted molar refractivity (Wildman–Crippen MR) is 69.3 cm³/mol. The van der Waals surface area contributed by atoms with Gasteiger partial charge in [-0.15, -0.1) is 0 Å². The summed E-state index contributed by atoms with van der Waals surface area (Å²) in [7, 11) is 4.78. The molecule has 0 spiro atoms. The van der Waals surface area contributed by atoms with Gasteiger partial charge in [-0.1, -0.05) is 0 Å². The van der Waals surface area contributed by atoms with Crippen LogP contribution in [0.15, 0.2) is 12.4 Å². The number of nitrogens with one attached hydrogen (secondary N) is 1. The van der Waals surface area contributed by atoms with E-state index in [9.17, 15) is 9.59 Å². The zero-order valence-corrected chi connectivity index (χ0v) is 11.3. The summed E-state index contributed by atoms with van der Waals surface area (Å²) in [4.78, 5) is 29.5. The van der Waals surface area contributed by atoms with Crippen molar-refractivity contribution in [3.8, 4) is 5.75 Å². The lowest BCUT2D eigenvalue weighted by Gasteiger charge is -2.16. The Morgan fingerprint density at radius 3 is 2.58 bits per heavy atom. The van der Waals surface area contributed by atoms with Gasteiger partial charge in [-0.05, 0) is 12.8 Å². The first-order chi connectivity index (χ1) is 9.04. The van der Waals surface area contributed by atoms with Crippen molar-refractivity contribution in [3.63, 3.8) is 0 Å². The number of ether oxygens (including phenoxy) is 1. The van der Waals surface area contributed by atoms with E-state index >= 15 is 0 Å². The third-order valence-corrected chi connectivity index (χ3v) is 2.82. The second-order valence-electron chi connectivity index (χ2n) is 4.66. The van der Waals surface area contributed by atoms with Crippen LogP contribution in [-0.2, 0) is 0 Å². The van der Waals surface area contributed by atoms with Crippen LogP contribution in [0, 0.1) is 0 Å². The summed E-state index contributed by atoms with van der Waals surface area (Å²) in [5.74, 6) is -0.245. The van der Waals surface area contributed by atoms with Crippen LogP contribution in [0.4, 0.5) is 0 Å². The molecule has 2 rings (SSSR count). The fourth-order valence-electron chi connectivity index (χ4n) is 1.66. The van der Waals surface area contributed by atoms with Gasteiger partial charge >= 0.3 is 0 Å². The predicted octanol–water partition coefficient (Wildman–Crippen LogP) is 0.684. The van der Waals surface area contributed by atoms with Crippen LogP contribution in [0.3, 0.4) is 0 Å². The number of hydrogen-bond donors (Lipinski definition) is 1. The molecule has 0 aliphatic heterocycles. The van der Waals surface area contributed by atoms with Crippen LogP contribution in [-0.4, -0.2) is 48.9 Å². The Kier molecular flexibility index (Phi) is 3.69. The fourth-order valence-corrected chi connectivity index (χ4v) is 1.66. The number of rotatable bonds is 4. The summed E-state index contributed by atoms with van der Waals surface area (Å²) in [5.41, 5.74) is 0.505. The van der Waals surface area contributed by atoms with E-state index in [2.05, 4.69) is 10.3 Å². The van der Waals surface area contributed by atoms with E-state index in [0.29, 0.717) is 5.75 Å². The molecule has 0 bridgehead atoms. The minimum absolute atomic E-state index is 0.134. The standard InChI is InChI=1S/C13H17N3O3/c1-14-12(17)11-9(13(18)16(2)3)6-15-7-10(11)19-8-4-5-8/h6-8H,4-5H2,1-3H3,(H,14,17). The molecule has 0 saturated heterocycles. The Morgan fingerprint density at radius 2 is 2.05 bits per heavy atom. The third kappa shape index (κ3) is 2.83. The molecule has 2 amide bonds. The van der Waals surface area contributed by atoms with Crippen molar-refractivity contribution in [2.75, 3.05) is 21.1 Å². The van der Waals surface area contributed by atoms with Gasteiger partial charge in [-0.25, -0.2) is 0 Å². The molecule has 1 N–H and O–H groups in total. The number of nitrogens with zero attached hydrogens (tertiary/aromatic N) is 2. The van der Waals surface area contributed by atoms with Crippen molar-refractivity contribution in [1.82, 2.24) is 15.2 Å². The molecule has 1 aliphatic rings. The van der Waals surface area contributed by atoms with E-state index in [1.165, 1.54) is 24.3 Å². The molecule has 0 unspecified atom stereocenters. The lowest BCUT2D eigenvalue weighted by atomic mass is 10.1. The number of carbonyl (C=O) groups excluding carboxylic acids is 2. The first-order valence-electron chi connectivity index (χ1n) is 6.13. The molecule has 1 saturated carbocycles. The SMILES string of the molecule is CNC(=O)c1c(OC2CC2)cncc1C(=O)N(C)C. The summed E-state index contributed by atoms with van der Waals surface area (Å²) < 4.78 is 5.66. The lowest BCUT2D eigenvalue weighted by Crippen LogP contribution is -2.28. The highest BCUT2D eigenvalue weighted by Gasteiger charge is 2.28. The van der Waals surface area contributed by atoms with Crippen molar-refractivity contribution in [2.24, 2.45) is 0 Å². The summed E-state index contributed by atoms with van der Waals surface area (Å²) in [5, 5.41) is 2.53. The van der Waals surface area contributed by atoms with Crippen molar-refractivity contribution >= 4 is 11.8 Å². The van der Waals surface area contributed by atoms with Gasteiger partial charge in [0.15, 0.2) is 5.75 Å². The number of hydrogen-bond acceptors (Lipinski definition) is 4. The summed E-state index contributed by atoms with van der Waals surface area (Å²) in [6.07, 6.45) is 4.95. The zero-order chi connectivity index (χ0) is 14.0. The van der Waals surface area contributed by atoms with E-state index in [4.69, 9.17) is 4.74 Å². The highest BCUT2D eigenvalue weighted by Crippen LogP contribution is 2.30. The monoisotopic (exact) mass is 263 g/mol. The molecule has 0 radical (unpaired) electrons. The minimum Gasteiger partial charge on any atom is -0.488 e. The molecule has 0 aromatic carbocycles. The van der Waals surface area contributed by atoms with Gasteiger partial charge in [0.05, 0.1) is 23.4 Å². The summed E-state index contributed by atoms with van der Waals surface area (Å²) in [6, 6.07) is 0. The Morgan fingerprint density at radius 1 is 1.37 bits per heavy atom. The van der Waals surface area contributed by atoms with Crippen LogP contribution in [0.2, 0.25) is 0 Å². The molecule has 6 heteroatoms. The Hall–Kier alpha value is -2.11. The van der Waals surface area contributed by atoms with E-state index in [0.717, 1.165) is 12.8 Å². The molecule has 0 atom stereocenters. The lowest BCUT2D eigenvalue weighted by molar-refractivity contribution is 0.0817. The smallest absolute Gasteiger partial charge is 0.255 e. The largest absolute Gasteiger partial charge is 0.488 e. The quantitative estimate of drug-likeness (QED) is 0.867. The zero-order valence-electron chi connectivity index (χ0n) is 11.3. The number of amides is 2. The van der Waals surface area contributed by atoms with Gasteiger partial charge in [-0.3, -0.25) is 14.6 Å². The number of aromatic nitrogens is 1. The Labute approximate surface area is 111 Å². The van der Waals surface area contributed by atoms with Crippen molar-refractivity contribution in [3.05, 3.63) is 23.5 Å². The van der Waals surface area contributed by atoms with Gasteiger partial charge in [0.1, 0.15) is 0 Å². The van der Waals surface area contributed by atoms with Crippen LogP contribution < -0.4 is 10.1 Å². The average Bonchev–Trinajstić information content (AvgIpc) is 3.20. The second-order valence-corrected chi connectivity index (χ2v) is 4.66. The molecule has 1 heterocycles. The topological polar surface area (TPSA) is 71.5 Å². The van der Waals surface area contributed by atoms with Gasteiger partial charge < -0.3 is 15.0 Å². The normalized spacial score (nSPS) is 13.8. The number of carbonyl (C=O) groups is 2. The highest BCUT2D eigenvalue weighted by atomic mass is 16.5. The minimum atomic E-state index is -0.344. The van der Waals surface area contributed by atoms with E-state index in [1.54, 1.807) is 14.1 Å². The fraction of sp³-hybridized carbons (Fsp3) is 0.462. The maximum atomic E-state index is 12.1. The molecule has 6 nitrogen and oxygen atoms in total. The van der Waals surface area contributed by atoms with Gasteiger partial charge in [0, 0.05) is 27.3 Å². The van der Waals surface area contributed by atoms with Crippen LogP contribution >= 0.6 is 0 Å². The van der Waals surface area contributed by atoms with Crippen molar-refractivity contribution in [1.29, 1.82) is 0 Å². The molecule has 1 aromatic rings.